The fraction of sp³-hybridized carbons (Fsp3) is 0.714. The maximum atomic E-state index is 12.2. The van der Waals surface area contributed by atoms with Crippen molar-refractivity contribution in [2.45, 2.75) is 39.7 Å². The van der Waals surface area contributed by atoms with Crippen LogP contribution in [0.3, 0.4) is 0 Å². The fourth-order valence-corrected chi connectivity index (χ4v) is 5.03. The van der Waals surface area contributed by atoms with Gasteiger partial charge in [0, 0.05) is 22.3 Å². The van der Waals surface area contributed by atoms with Gasteiger partial charge in [0.15, 0.2) is 0 Å². The molecule has 1 aliphatic rings. The minimum absolute atomic E-state index is 0.150. The Morgan fingerprint density at radius 3 is 2.55 bits per heavy atom. The summed E-state index contributed by atoms with van der Waals surface area (Å²) in [5.74, 6) is 0.194. The molecule has 1 fully saturated rings. The second-order valence-corrected chi connectivity index (χ2v) is 8.91. The van der Waals surface area contributed by atoms with Crippen LogP contribution >= 0.6 is 11.3 Å². The number of nitrogens with one attached hydrogen (secondary N) is 1. The first-order valence-corrected chi connectivity index (χ1v) is 9.63. The Morgan fingerprint density at radius 1 is 1.35 bits per heavy atom. The predicted octanol–water partition coefficient (Wildman–Crippen LogP) is 2.44. The van der Waals surface area contributed by atoms with Crippen LogP contribution < -0.4 is 4.72 Å². The molecule has 6 heteroatoms. The highest BCUT2D eigenvalue weighted by molar-refractivity contribution is 7.89. The standard InChI is InChI=1S/C14H24N2O2S2/c1-11-10-14(13(3)19-11)12(2)15-20(17,18)9-8-16-6-4-5-7-16/h10,12,15H,4-9H2,1-3H3. The molecule has 0 bridgehead atoms. The van der Waals surface area contributed by atoms with Crippen LogP contribution in [0.15, 0.2) is 6.07 Å². The molecule has 1 N–H and O–H groups in total. The molecule has 0 aliphatic carbocycles. The van der Waals surface area contributed by atoms with Gasteiger partial charge in [0.05, 0.1) is 5.75 Å². The predicted molar refractivity (Wildman–Crippen MR) is 84.8 cm³/mol. The van der Waals surface area contributed by atoms with Crippen molar-refractivity contribution in [1.82, 2.24) is 9.62 Å². The lowest BCUT2D eigenvalue weighted by molar-refractivity contribution is 0.358. The molecule has 0 spiro atoms. The molecule has 1 unspecified atom stereocenters. The highest BCUT2D eigenvalue weighted by Crippen LogP contribution is 2.26. The van der Waals surface area contributed by atoms with E-state index in [1.165, 1.54) is 22.6 Å². The summed E-state index contributed by atoms with van der Waals surface area (Å²) >= 11 is 1.71. The number of thiophene rings is 1. The highest BCUT2D eigenvalue weighted by atomic mass is 32.2. The molecule has 20 heavy (non-hydrogen) atoms. The highest BCUT2D eigenvalue weighted by Gasteiger charge is 2.20. The van der Waals surface area contributed by atoms with Crippen molar-refractivity contribution >= 4 is 21.4 Å². The van der Waals surface area contributed by atoms with Crippen molar-refractivity contribution in [1.29, 1.82) is 0 Å². The SMILES string of the molecule is Cc1cc(C(C)NS(=O)(=O)CCN2CCCC2)c(C)s1. The molecule has 1 aliphatic heterocycles. The third kappa shape index (κ3) is 4.28. The third-order valence-electron chi connectivity index (χ3n) is 3.78. The first kappa shape index (κ1) is 15.9. The number of likely N-dealkylation sites (tertiary alicyclic amines) is 1. The molecule has 0 amide bonds. The van der Waals surface area contributed by atoms with Crippen LogP contribution in [0.5, 0.6) is 0 Å². The Kier molecular flexibility index (Phi) is 5.23. The van der Waals surface area contributed by atoms with Gasteiger partial charge in [-0.05, 0) is 58.3 Å². The first-order valence-electron chi connectivity index (χ1n) is 7.17. The second kappa shape index (κ2) is 6.56. The lowest BCUT2D eigenvalue weighted by atomic mass is 10.1. The van der Waals surface area contributed by atoms with Crippen LogP contribution in [-0.4, -0.2) is 38.7 Å². The Morgan fingerprint density at radius 2 is 2.00 bits per heavy atom. The third-order valence-corrected chi connectivity index (χ3v) is 6.19. The fourth-order valence-electron chi connectivity index (χ4n) is 2.73. The largest absolute Gasteiger partial charge is 0.302 e. The molecule has 1 aromatic heterocycles. The zero-order chi connectivity index (χ0) is 14.8. The zero-order valence-electron chi connectivity index (χ0n) is 12.5. The topological polar surface area (TPSA) is 49.4 Å². The van der Waals surface area contributed by atoms with E-state index in [-0.39, 0.29) is 11.8 Å². The summed E-state index contributed by atoms with van der Waals surface area (Å²) < 4.78 is 27.1. The molecule has 1 atom stereocenters. The van der Waals surface area contributed by atoms with Crippen molar-refractivity contribution in [3.63, 3.8) is 0 Å². The summed E-state index contributed by atoms with van der Waals surface area (Å²) in [4.78, 5) is 4.64. The second-order valence-electron chi connectivity index (χ2n) is 5.58. The molecule has 2 rings (SSSR count). The van der Waals surface area contributed by atoms with Crippen LogP contribution in [0.4, 0.5) is 0 Å². The first-order chi connectivity index (χ1) is 9.37. The number of hydrogen-bond acceptors (Lipinski definition) is 4. The number of hydrogen-bond donors (Lipinski definition) is 1. The molecule has 0 aromatic carbocycles. The lowest BCUT2D eigenvalue weighted by Gasteiger charge is -2.17. The van der Waals surface area contributed by atoms with Gasteiger partial charge in [0.2, 0.25) is 10.0 Å². The number of nitrogens with zero attached hydrogens (tertiary/aromatic N) is 1. The smallest absolute Gasteiger partial charge is 0.213 e. The summed E-state index contributed by atoms with van der Waals surface area (Å²) in [6, 6.07) is 1.93. The van der Waals surface area contributed by atoms with Gasteiger partial charge in [-0.2, -0.15) is 0 Å². The van der Waals surface area contributed by atoms with E-state index in [4.69, 9.17) is 0 Å². The van der Waals surface area contributed by atoms with E-state index in [1.807, 2.05) is 13.8 Å². The van der Waals surface area contributed by atoms with E-state index in [1.54, 1.807) is 11.3 Å². The number of aryl methyl sites for hydroxylation is 2. The summed E-state index contributed by atoms with van der Waals surface area (Å²) in [7, 11) is -3.21. The Bertz CT molecular complexity index is 546. The van der Waals surface area contributed by atoms with Gasteiger partial charge in [0.25, 0.3) is 0 Å². The maximum Gasteiger partial charge on any atom is 0.213 e. The van der Waals surface area contributed by atoms with Gasteiger partial charge in [-0.3, -0.25) is 0 Å². The van der Waals surface area contributed by atoms with Gasteiger partial charge in [-0.1, -0.05) is 0 Å². The number of sulfonamides is 1. The van der Waals surface area contributed by atoms with Crippen LogP contribution in [0, 0.1) is 13.8 Å². The number of rotatable bonds is 6. The van der Waals surface area contributed by atoms with Gasteiger partial charge in [0.1, 0.15) is 0 Å². The lowest BCUT2D eigenvalue weighted by Crippen LogP contribution is -2.34. The van der Waals surface area contributed by atoms with Gasteiger partial charge < -0.3 is 4.90 Å². The van der Waals surface area contributed by atoms with Crippen LogP contribution in [0.1, 0.15) is 41.1 Å². The van der Waals surface area contributed by atoms with E-state index in [0.717, 1.165) is 18.7 Å². The van der Waals surface area contributed by atoms with Crippen molar-refractivity contribution in [2.75, 3.05) is 25.4 Å². The van der Waals surface area contributed by atoms with Crippen LogP contribution in [0.2, 0.25) is 0 Å². The van der Waals surface area contributed by atoms with Gasteiger partial charge in [-0.25, -0.2) is 13.1 Å². The van der Waals surface area contributed by atoms with Crippen molar-refractivity contribution in [3.8, 4) is 0 Å². The molecule has 0 saturated carbocycles. The Hall–Kier alpha value is -0.430. The summed E-state index contributed by atoms with van der Waals surface area (Å²) in [6.07, 6.45) is 2.38. The Balaban J connectivity index is 1.91. The van der Waals surface area contributed by atoms with E-state index in [2.05, 4.69) is 22.6 Å². The van der Waals surface area contributed by atoms with E-state index in [9.17, 15) is 8.42 Å². The molecular formula is C14H24N2O2S2. The monoisotopic (exact) mass is 316 g/mol. The minimum atomic E-state index is -3.21. The molecule has 4 nitrogen and oxygen atoms in total. The molecule has 1 aromatic rings. The quantitative estimate of drug-likeness (QED) is 0.877. The average Bonchev–Trinajstić information content (AvgIpc) is 2.95. The molecule has 2 heterocycles. The van der Waals surface area contributed by atoms with Crippen LogP contribution in [-0.2, 0) is 10.0 Å². The van der Waals surface area contributed by atoms with E-state index >= 15 is 0 Å². The molecule has 0 radical (unpaired) electrons. The van der Waals surface area contributed by atoms with E-state index < -0.39 is 10.0 Å². The molecule has 114 valence electrons. The zero-order valence-corrected chi connectivity index (χ0v) is 14.1. The minimum Gasteiger partial charge on any atom is -0.302 e. The summed E-state index contributed by atoms with van der Waals surface area (Å²) in [5.41, 5.74) is 1.09. The maximum absolute atomic E-state index is 12.2. The average molecular weight is 316 g/mol. The molecule has 1 saturated heterocycles. The van der Waals surface area contributed by atoms with Gasteiger partial charge >= 0.3 is 0 Å². The van der Waals surface area contributed by atoms with Gasteiger partial charge in [-0.15, -0.1) is 11.3 Å². The Labute approximate surface area is 126 Å². The normalized spacial score (nSPS) is 18.6. The summed E-state index contributed by atoms with van der Waals surface area (Å²) in [6.45, 7) is 8.73. The van der Waals surface area contributed by atoms with Crippen LogP contribution in [0.25, 0.3) is 0 Å². The van der Waals surface area contributed by atoms with Crippen molar-refractivity contribution in [2.24, 2.45) is 0 Å². The summed E-state index contributed by atoms with van der Waals surface area (Å²) in [5, 5.41) is 0. The van der Waals surface area contributed by atoms with Crippen molar-refractivity contribution in [3.05, 3.63) is 21.4 Å². The molecular weight excluding hydrogens is 292 g/mol. The van der Waals surface area contributed by atoms with E-state index in [0.29, 0.717) is 6.54 Å². The van der Waals surface area contributed by atoms with Crippen molar-refractivity contribution < 1.29 is 8.42 Å².